The maximum absolute atomic E-state index is 10.0. The summed E-state index contributed by atoms with van der Waals surface area (Å²) in [6.45, 7) is 1.45. The highest BCUT2D eigenvalue weighted by Gasteiger charge is 2.22. The Balaban J connectivity index is 3.90. The van der Waals surface area contributed by atoms with Gasteiger partial charge in [0.05, 0.1) is 12.2 Å². The van der Waals surface area contributed by atoms with Gasteiger partial charge in [-0.25, -0.2) is 0 Å². The molecular formula is C7H14O4. The Morgan fingerprint density at radius 3 is 2.36 bits per heavy atom. The van der Waals surface area contributed by atoms with Crippen LogP contribution in [0.25, 0.3) is 0 Å². The highest BCUT2D eigenvalue weighted by molar-refractivity contribution is 5.50. The molecule has 11 heavy (non-hydrogen) atoms. The van der Waals surface area contributed by atoms with Crippen LogP contribution in [-0.4, -0.2) is 41.9 Å². The summed E-state index contributed by atoms with van der Waals surface area (Å²) < 4.78 is 4.77. The van der Waals surface area contributed by atoms with Gasteiger partial charge in [-0.2, -0.15) is 0 Å². The highest BCUT2D eigenvalue weighted by atomic mass is 16.5. The number of aliphatic hydroxyl groups excluding tert-OH is 2. The maximum atomic E-state index is 10.0. The van der Waals surface area contributed by atoms with Gasteiger partial charge >= 0.3 is 0 Å². The average molecular weight is 162 g/mol. The number of hydrogen-bond donors (Lipinski definition) is 2. The van der Waals surface area contributed by atoms with Crippen molar-refractivity contribution in [3.8, 4) is 0 Å². The SMILES string of the molecule is COC(CC=O)C(O)C(C)O. The first-order valence-corrected chi connectivity index (χ1v) is 3.46. The van der Waals surface area contributed by atoms with Gasteiger partial charge in [-0.3, -0.25) is 0 Å². The van der Waals surface area contributed by atoms with Gasteiger partial charge in [-0.15, -0.1) is 0 Å². The van der Waals surface area contributed by atoms with E-state index in [9.17, 15) is 9.90 Å². The number of ether oxygens (including phenoxy) is 1. The van der Waals surface area contributed by atoms with Crippen molar-refractivity contribution in [3.05, 3.63) is 0 Å². The summed E-state index contributed by atoms with van der Waals surface area (Å²) in [6, 6.07) is 0. The molecule has 0 aromatic carbocycles. The first-order chi connectivity index (χ1) is 5.13. The Morgan fingerprint density at radius 1 is 1.55 bits per heavy atom. The molecule has 0 heterocycles. The molecule has 0 radical (unpaired) electrons. The van der Waals surface area contributed by atoms with E-state index in [0.717, 1.165) is 0 Å². The minimum atomic E-state index is -0.995. The quantitative estimate of drug-likeness (QED) is 0.526. The molecule has 0 rings (SSSR count). The summed E-state index contributed by atoms with van der Waals surface area (Å²) in [4.78, 5) is 10.0. The second-order valence-corrected chi connectivity index (χ2v) is 2.41. The number of hydrogen-bond acceptors (Lipinski definition) is 4. The Labute approximate surface area is 65.8 Å². The van der Waals surface area contributed by atoms with Gasteiger partial charge in [-0.1, -0.05) is 0 Å². The van der Waals surface area contributed by atoms with Crippen LogP contribution in [0.5, 0.6) is 0 Å². The molecule has 0 spiro atoms. The Morgan fingerprint density at radius 2 is 2.09 bits per heavy atom. The van der Waals surface area contributed by atoms with Crippen molar-refractivity contribution in [3.63, 3.8) is 0 Å². The molecule has 2 N–H and O–H groups in total. The van der Waals surface area contributed by atoms with Crippen LogP contribution in [0.15, 0.2) is 0 Å². The predicted molar refractivity (Wildman–Crippen MR) is 39.2 cm³/mol. The minimum absolute atomic E-state index is 0.0998. The largest absolute Gasteiger partial charge is 0.391 e. The highest BCUT2D eigenvalue weighted by Crippen LogP contribution is 2.05. The topological polar surface area (TPSA) is 66.8 Å². The van der Waals surface area contributed by atoms with Gasteiger partial charge < -0.3 is 19.7 Å². The summed E-state index contributed by atoms with van der Waals surface area (Å²) in [5.74, 6) is 0. The van der Waals surface area contributed by atoms with Crippen molar-refractivity contribution in [2.24, 2.45) is 0 Å². The van der Waals surface area contributed by atoms with E-state index < -0.39 is 18.3 Å². The fraction of sp³-hybridized carbons (Fsp3) is 0.857. The van der Waals surface area contributed by atoms with Gasteiger partial charge in [0, 0.05) is 13.5 Å². The summed E-state index contributed by atoms with van der Waals surface area (Å²) in [5, 5.41) is 18.1. The van der Waals surface area contributed by atoms with Gasteiger partial charge in [0.15, 0.2) is 0 Å². The van der Waals surface area contributed by atoms with Crippen LogP contribution in [0.1, 0.15) is 13.3 Å². The zero-order valence-corrected chi connectivity index (χ0v) is 6.73. The van der Waals surface area contributed by atoms with Gasteiger partial charge in [-0.05, 0) is 6.92 Å². The molecule has 0 aliphatic carbocycles. The van der Waals surface area contributed by atoms with Crippen molar-refractivity contribution in [2.45, 2.75) is 31.7 Å². The van der Waals surface area contributed by atoms with Crippen molar-refractivity contribution < 1.29 is 19.7 Å². The maximum Gasteiger partial charge on any atom is 0.122 e. The Hall–Kier alpha value is -0.450. The van der Waals surface area contributed by atoms with E-state index in [4.69, 9.17) is 9.84 Å². The van der Waals surface area contributed by atoms with E-state index in [1.165, 1.54) is 14.0 Å². The lowest BCUT2D eigenvalue weighted by Gasteiger charge is -2.21. The van der Waals surface area contributed by atoms with Crippen molar-refractivity contribution in [1.29, 1.82) is 0 Å². The Kier molecular flexibility index (Phi) is 5.02. The number of aliphatic hydroxyl groups is 2. The van der Waals surface area contributed by atoms with Crippen LogP contribution in [-0.2, 0) is 9.53 Å². The van der Waals surface area contributed by atoms with Crippen LogP contribution in [0, 0.1) is 0 Å². The number of carbonyl (C=O) groups is 1. The summed E-state index contributed by atoms with van der Waals surface area (Å²) in [6.07, 6.45) is -1.72. The normalized spacial score (nSPS) is 18.9. The minimum Gasteiger partial charge on any atom is -0.391 e. The number of carbonyl (C=O) groups excluding carboxylic acids is 1. The lowest BCUT2D eigenvalue weighted by atomic mass is 10.1. The van der Waals surface area contributed by atoms with E-state index in [2.05, 4.69) is 0 Å². The second-order valence-electron chi connectivity index (χ2n) is 2.41. The van der Waals surface area contributed by atoms with Crippen LogP contribution < -0.4 is 0 Å². The van der Waals surface area contributed by atoms with Crippen LogP contribution >= 0.6 is 0 Å². The molecule has 0 aromatic heterocycles. The zero-order valence-electron chi connectivity index (χ0n) is 6.73. The first-order valence-electron chi connectivity index (χ1n) is 3.46. The number of rotatable bonds is 5. The standard InChI is InChI=1S/C7H14O4/c1-5(9)7(10)6(11-2)3-4-8/h4-7,9-10H,3H2,1-2H3. The molecule has 0 bridgehead atoms. The predicted octanol–water partition coefficient (Wildman–Crippen LogP) is -0.668. The molecule has 66 valence electrons. The molecule has 0 saturated carbocycles. The van der Waals surface area contributed by atoms with Crippen LogP contribution in [0.2, 0.25) is 0 Å². The molecule has 0 aromatic rings. The lowest BCUT2D eigenvalue weighted by molar-refractivity contribution is -0.115. The monoisotopic (exact) mass is 162 g/mol. The van der Waals surface area contributed by atoms with E-state index in [1.54, 1.807) is 0 Å². The fourth-order valence-electron chi connectivity index (χ4n) is 0.781. The number of aldehydes is 1. The molecule has 0 aliphatic heterocycles. The van der Waals surface area contributed by atoms with Crippen molar-refractivity contribution in [2.75, 3.05) is 7.11 Å². The molecule has 0 saturated heterocycles. The number of methoxy groups -OCH3 is 1. The fourth-order valence-corrected chi connectivity index (χ4v) is 0.781. The molecule has 4 nitrogen and oxygen atoms in total. The average Bonchev–Trinajstić information content (AvgIpc) is 1.98. The van der Waals surface area contributed by atoms with Gasteiger partial charge in [0.25, 0.3) is 0 Å². The van der Waals surface area contributed by atoms with Crippen molar-refractivity contribution in [1.82, 2.24) is 0 Å². The lowest BCUT2D eigenvalue weighted by Crippen LogP contribution is -2.37. The third-order valence-corrected chi connectivity index (χ3v) is 1.51. The van der Waals surface area contributed by atoms with Gasteiger partial charge in [0.1, 0.15) is 12.4 Å². The van der Waals surface area contributed by atoms with Crippen LogP contribution in [0.4, 0.5) is 0 Å². The summed E-state index contributed by atoms with van der Waals surface area (Å²) in [7, 11) is 1.39. The summed E-state index contributed by atoms with van der Waals surface area (Å²) in [5.41, 5.74) is 0. The van der Waals surface area contributed by atoms with E-state index in [-0.39, 0.29) is 6.42 Å². The van der Waals surface area contributed by atoms with Crippen molar-refractivity contribution >= 4 is 6.29 Å². The molecule has 0 fully saturated rings. The smallest absolute Gasteiger partial charge is 0.122 e. The molecule has 0 aliphatic rings. The third-order valence-electron chi connectivity index (χ3n) is 1.51. The van der Waals surface area contributed by atoms with E-state index in [0.29, 0.717) is 6.29 Å². The molecule has 0 amide bonds. The van der Waals surface area contributed by atoms with Gasteiger partial charge in [0.2, 0.25) is 0 Å². The third kappa shape index (κ3) is 3.46. The second kappa shape index (κ2) is 5.23. The molecule has 3 atom stereocenters. The summed E-state index contributed by atoms with van der Waals surface area (Å²) >= 11 is 0. The molecule has 4 heteroatoms. The Bertz CT molecular complexity index is 113. The zero-order chi connectivity index (χ0) is 8.85. The molecule has 3 unspecified atom stereocenters. The van der Waals surface area contributed by atoms with E-state index >= 15 is 0 Å². The van der Waals surface area contributed by atoms with E-state index in [1.807, 2.05) is 0 Å². The molecular weight excluding hydrogens is 148 g/mol. The first kappa shape index (κ1) is 10.6. The van der Waals surface area contributed by atoms with Crippen LogP contribution in [0.3, 0.4) is 0 Å².